The molecule has 0 atom stereocenters. The summed E-state index contributed by atoms with van der Waals surface area (Å²) in [6.07, 6.45) is 14.2. The van der Waals surface area contributed by atoms with Gasteiger partial charge in [-0.15, -0.1) is 13.2 Å². The van der Waals surface area contributed by atoms with Gasteiger partial charge in [0.25, 0.3) is 0 Å². The van der Waals surface area contributed by atoms with Crippen molar-refractivity contribution in [3.63, 3.8) is 0 Å². The normalized spacial score (nSPS) is 11.4. The highest BCUT2D eigenvalue weighted by molar-refractivity contribution is 5.59. The second-order valence-electron chi connectivity index (χ2n) is 7.61. The van der Waals surface area contributed by atoms with E-state index in [4.69, 9.17) is 4.74 Å². The van der Waals surface area contributed by atoms with Crippen LogP contribution in [0.25, 0.3) is 12.2 Å². The van der Waals surface area contributed by atoms with E-state index in [9.17, 15) is 0 Å². The predicted molar refractivity (Wildman–Crippen MR) is 129 cm³/mol. The molecular formula is C28H34O. The predicted octanol–water partition coefficient (Wildman–Crippen LogP) is 7.12. The molecule has 0 fully saturated rings. The minimum Gasteiger partial charge on any atom is -0.373 e. The maximum atomic E-state index is 5.76. The molecule has 0 saturated heterocycles. The first-order chi connectivity index (χ1) is 14.0. The van der Waals surface area contributed by atoms with Crippen LogP contribution < -0.4 is 0 Å². The van der Waals surface area contributed by atoms with Gasteiger partial charge >= 0.3 is 0 Å². The van der Waals surface area contributed by atoms with Gasteiger partial charge in [-0.2, -0.15) is 0 Å². The van der Waals surface area contributed by atoms with E-state index in [2.05, 4.69) is 89.4 Å². The van der Waals surface area contributed by atoms with Crippen molar-refractivity contribution in [1.82, 2.24) is 0 Å². The molecule has 2 aromatic carbocycles. The highest BCUT2D eigenvalue weighted by Gasteiger charge is 2.03. The zero-order valence-electron chi connectivity index (χ0n) is 18.4. The van der Waals surface area contributed by atoms with E-state index in [0.717, 1.165) is 12.8 Å². The zero-order chi connectivity index (χ0) is 21.2. The number of rotatable bonds is 10. The van der Waals surface area contributed by atoms with Crippen molar-refractivity contribution in [1.29, 1.82) is 0 Å². The largest absolute Gasteiger partial charge is 0.373 e. The molecule has 2 rings (SSSR count). The molecule has 0 N–H and O–H groups in total. The van der Waals surface area contributed by atoms with Crippen LogP contribution in [0.1, 0.15) is 44.5 Å². The van der Waals surface area contributed by atoms with Gasteiger partial charge in [-0.25, -0.2) is 0 Å². The highest BCUT2D eigenvalue weighted by atomic mass is 16.5. The average Bonchev–Trinajstić information content (AvgIpc) is 2.65. The molecular weight excluding hydrogens is 352 g/mol. The Kier molecular flexibility index (Phi) is 8.89. The Morgan fingerprint density at radius 1 is 0.655 bits per heavy atom. The van der Waals surface area contributed by atoms with Crippen LogP contribution in [0.5, 0.6) is 0 Å². The second kappa shape index (κ2) is 11.4. The summed E-state index contributed by atoms with van der Waals surface area (Å²) in [7, 11) is 0. The molecule has 0 unspecified atom stereocenters. The first-order valence-corrected chi connectivity index (χ1v) is 10.3. The van der Waals surface area contributed by atoms with E-state index in [0.29, 0.717) is 13.2 Å². The molecule has 0 aliphatic carbocycles. The van der Waals surface area contributed by atoms with Crippen LogP contribution in [0.3, 0.4) is 0 Å². The molecule has 0 aromatic heterocycles. The molecule has 1 nitrogen and oxygen atoms in total. The van der Waals surface area contributed by atoms with Gasteiger partial charge in [-0.3, -0.25) is 0 Å². The summed E-state index contributed by atoms with van der Waals surface area (Å²) in [4.78, 5) is 0. The van der Waals surface area contributed by atoms with Gasteiger partial charge in [0.1, 0.15) is 0 Å². The third-order valence-corrected chi connectivity index (χ3v) is 5.06. The third-order valence-electron chi connectivity index (χ3n) is 5.06. The van der Waals surface area contributed by atoms with E-state index >= 15 is 0 Å². The van der Waals surface area contributed by atoms with Crippen molar-refractivity contribution in [3.8, 4) is 0 Å². The van der Waals surface area contributed by atoms with Crippen molar-refractivity contribution in [2.24, 2.45) is 0 Å². The molecule has 0 radical (unpaired) electrons. The molecule has 0 amide bonds. The van der Waals surface area contributed by atoms with Gasteiger partial charge in [0.15, 0.2) is 0 Å². The number of ether oxygens (including phenoxy) is 1. The van der Waals surface area contributed by atoms with Crippen LogP contribution in [0.2, 0.25) is 0 Å². The highest BCUT2D eigenvalue weighted by Crippen LogP contribution is 2.20. The Hall–Kier alpha value is -2.64. The molecule has 0 heterocycles. The lowest BCUT2D eigenvalue weighted by Crippen LogP contribution is -1.94. The van der Waals surface area contributed by atoms with E-state index in [-0.39, 0.29) is 0 Å². The van der Waals surface area contributed by atoms with Gasteiger partial charge in [0, 0.05) is 0 Å². The number of hydrogen-bond donors (Lipinski definition) is 0. The van der Waals surface area contributed by atoms with E-state index in [1.165, 1.54) is 44.5 Å². The van der Waals surface area contributed by atoms with Crippen LogP contribution in [-0.4, -0.2) is 13.2 Å². The van der Waals surface area contributed by atoms with E-state index in [1.54, 1.807) is 0 Å². The summed E-state index contributed by atoms with van der Waals surface area (Å²) in [5.74, 6) is 0. The molecule has 0 aliphatic heterocycles. The van der Waals surface area contributed by atoms with Crippen molar-refractivity contribution in [3.05, 3.63) is 106 Å². The molecule has 2 aromatic rings. The minimum atomic E-state index is 0.605. The van der Waals surface area contributed by atoms with Crippen LogP contribution >= 0.6 is 0 Å². The summed E-state index contributed by atoms with van der Waals surface area (Å²) in [5, 5.41) is 0. The van der Waals surface area contributed by atoms with Gasteiger partial charge < -0.3 is 4.74 Å². The lowest BCUT2D eigenvalue weighted by molar-refractivity contribution is 0.195. The number of aryl methyl sites for hydroxylation is 4. The Morgan fingerprint density at radius 3 is 1.31 bits per heavy atom. The molecule has 0 aliphatic rings. The maximum Gasteiger partial charge on any atom is 0.0655 e. The molecule has 0 bridgehead atoms. The van der Waals surface area contributed by atoms with Crippen LogP contribution in [0.15, 0.2) is 61.7 Å². The standard InChI is InChI=1S/C28H34O/c1-7-11-25-17-21(3)27(22(4)18-25)13-9-15-29-16-10-14-28-23(5)19-26(12-8-2)20-24(28)6/h7-10,13-14,17-20H,1-2,11-12,15-16H2,3-6H3. The summed E-state index contributed by atoms with van der Waals surface area (Å²) in [6, 6.07) is 8.96. The number of allylic oxidation sites excluding steroid dienone is 2. The summed E-state index contributed by atoms with van der Waals surface area (Å²) in [6.45, 7) is 17.5. The fourth-order valence-electron chi connectivity index (χ4n) is 3.76. The quantitative estimate of drug-likeness (QED) is 0.312. The van der Waals surface area contributed by atoms with Crippen LogP contribution in [0, 0.1) is 27.7 Å². The lowest BCUT2D eigenvalue weighted by Gasteiger charge is -2.09. The molecule has 29 heavy (non-hydrogen) atoms. The Morgan fingerprint density at radius 2 is 1.00 bits per heavy atom. The number of hydrogen-bond acceptors (Lipinski definition) is 1. The molecule has 152 valence electrons. The van der Waals surface area contributed by atoms with Gasteiger partial charge in [0.2, 0.25) is 0 Å². The lowest BCUT2D eigenvalue weighted by atomic mass is 9.97. The van der Waals surface area contributed by atoms with E-state index in [1.807, 2.05) is 12.2 Å². The smallest absolute Gasteiger partial charge is 0.0655 e. The van der Waals surface area contributed by atoms with Gasteiger partial charge in [-0.05, 0) is 85.0 Å². The Labute approximate surface area is 177 Å². The summed E-state index contributed by atoms with van der Waals surface area (Å²) >= 11 is 0. The van der Waals surface area contributed by atoms with Crippen molar-refractivity contribution in [2.75, 3.05) is 13.2 Å². The van der Waals surface area contributed by atoms with Crippen molar-refractivity contribution < 1.29 is 4.74 Å². The number of benzene rings is 2. The first kappa shape index (κ1) is 22.6. The molecule has 1 heteroatoms. The molecule has 0 saturated carbocycles. The van der Waals surface area contributed by atoms with Crippen LogP contribution in [0.4, 0.5) is 0 Å². The second-order valence-corrected chi connectivity index (χ2v) is 7.61. The van der Waals surface area contributed by atoms with Crippen LogP contribution in [-0.2, 0) is 17.6 Å². The van der Waals surface area contributed by atoms with Gasteiger partial charge in [-0.1, -0.05) is 60.7 Å². The molecule has 0 spiro atoms. The summed E-state index contributed by atoms with van der Waals surface area (Å²) < 4.78 is 5.76. The third kappa shape index (κ3) is 6.73. The van der Waals surface area contributed by atoms with Gasteiger partial charge in [0.05, 0.1) is 13.2 Å². The maximum absolute atomic E-state index is 5.76. The van der Waals surface area contributed by atoms with E-state index < -0.39 is 0 Å². The minimum absolute atomic E-state index is 0.605. The van der Waals surface area contributed by atoms with Crippen molar-refractivity contribution in [2.45, 2.75) is 40.5 Å². The Balaban J connectivity index is 1.89. The zero-order valence-corrected chi connectivity index (χ0v) is 18.4. The monoisotopic (exact) mass is 386 g/mol. The first-order valence-electron chi connectivity index (χ1n) is 10.3. The summed E-state index contributed by atoms with van der Waals surface area (Å²) in [5.41, 5.74) is 10.4. The fraction of sp³-hybridized carbons (Fsp3) is 0.286. The van der Waals surface area contributed by atoms with Crippen molar-refractivity contribution >= 4 is 12.2 Å². The fourth-order valence-corrected chi connectivity index (χ4v) is 3.76. The average molecular weight is 387 g/mol. The SMILES string of the molecule is C=CCc1cc(C)c(C=CCOCC=Cc2c(C)cc(CC=C)cc2C)c(C)c1. The topological polar surface area (TPSA) is 9.23 Å². The Bertz CT molecular complexity index is 790.